The first-order valence-corrected chi connectivity index (χ1v) is 18.3. The molecule has 5 aromatic rings. The Balaban J connectivity index is 0.963. The summed E-state index contributed by atoms with van der Waals surface area (Å²) >= 11 is 1.59. The minimum atomic E-state index is -0.584. The van der Waals surface area contributed by atoms with Crippen LogP contribution in [0.25, 0.3) is 39.1 Å². The van der Waals surface area contributed by atoms with Crippen LogP contribution in [0.15, 0.2) is 73.2 Å². The predicted octanol–water partition coefficient (Wildman–Crippen LogP) is 6.75. The zero-order chi connectivity index (χ0) is 34.8. The van der Waals surface area contributed by atoms with E-state index in [9.17, 15) is 9.59 Å². The predicted molar refractivity (Wildman–Crippen MR) is 198 cm³/mol. The van der Waals surface area contributed by atoms with Gasteiger partial charge in [-0.1, -0.05) is 30.3 Å². The normalized spacial score (nSPS) is 19.2. The van der Waals surface area contributed by atoms with E-state index in [2.05, 4.69) is 48.8 Å². The van der Waals surface area contributed by atoms with Gasteiger partial charge < -0.3 is 15.0 Å². The lowest BCUT2D eigenvalue weighted by molar-refractivity contribution is -0.131. The van der Waals surface area contributed by atoms with E-state index in [1.54, 1.807) is 29.0 Å². The van der Waals surface area contributed by atoms with Gasteiger partial charge in [-0.2, -0.15) is 10.2 Å². The van der Waals surface area contributed by atoms with Crippen LogP contribution in [0.4, 0.5) is 5.69 Å². The third-order valence-electron chi connectivity index (χ3n) is 9.70. The second-order valence-electron chi connectivity index (χ2n) is 13.5. The molecule has 4 heterocycles. The molecule has 2 atom stereocenters. The van der Waals surface area contributed by atoms with Gasteiger partial charge in [-0.15, -0.1) is 11.8 Å². The quantitative estimate of drug-likeness (QED) is 0.165. The van der Waals surface area contributed by atoms with Gasteiger partial charge in [0.25, 0.3) is 0 Å². The molecule has 1 aliphatic carbocycles. The molecule has 258 valence electrons. The molecule has 2 aliphatic rings. The number of nitrogens with zero attached hydrogens (tertiary/aromatic N) is 6. The van der Waals surface area contributed by atoms with Crippen LogP contribution in [0.2, 0.25) is 0 Å². The number of rotatable bonds is 10. The highest BCUT2D eigenvalue weighted by Crippen LogP contribution is 2.46. The summed E-state index contributed by atoms with van der Waals surface area (Å²) in [6, 6.07) is 17.9. The van der Waals surface area contributed by atoms with Crippen LogP contribution in [0.5, 0.6) is 5.88 Å². The number of anilines is 1. The molecular formula is C38H42N8O3S. The van der Waals surface area contributed by atoms with E-state index < -0.39 is 4.75 Å². The number of amides is 2. The number of pyridine rings is 1. The molecule has 12 heteroatoms. The van der Waals surface area contributed by atoms with Gasteiger partial charge in [0.05, 0.1) is 16.4 Å². The van der Waals surface area contributed by atoms with Crippen LogP contribution in [-0.4, -0.2) is 76.9 Å². The van der Waals surface area contributed by atoms with Gasteiger partial charge in [-0.05, 0) is 87.1 Å². The minimum absolute atomic E-state index is 0.00874. The van der Waals surface area contributed by atoms with E-state index in [1.807, 2.05) is 74.5 Å². The summed E-state index contributed by atoms with van der Waals surface area (Å²) in [7, 11) is 1.86. The average Bonchev–Trinajstić information content (AvgIpc) is 3.87. The number of H-pyrrole nitrogens is 1. The molecule has 2 amide bonds. The maximum absolute atomic E-state index is 13.9. The number of carbonyl (C=O) groups excluding carboxylic acids is 2. The van der Waals surface area contributed by atoms with Crippen molar-refractivity contribution in [1.29, 1.82) is 0 Å². The number of benzene rings is 2. The van der Waals surface area contributed by atoms with Crippen molar-refractivity contribution in [2.24, 2.45) is 13.0 Å². The van der Waals surface area contributed by atoms with Gasteiger partial charge in [0.15, 0.2) is 5.82 Å². The monoisotopic (exact) mass is 690 g/mol. The molecule has 11 nitrogen and oxygen atoms in total. The zero-order valence-corrected chi connectivity index (χ0v) is 29.7. The third-order valence-corrected chi connectivity index (χ3v) is 11.0. The van der Waals surface area contributed by atoms with Crippen molar-refractivity contribution in [3.63, 3.8) is 0 Å². The fourth-order valence-electron chi connectivity index (χ4n) is 7.02. The first-order chi connectivity index (χ1) is 24.2. The van der Waals surface area contributed by atoms with Crippen molar-refractivity contribution in [2.45, 2.75) is 56.8 Å². The van der Waals surface area contributed by atoms with Crippen molar-refractivity contribution in [1.82, 2.24) is 34.8 Å². The molecular weight excluding hydrogens is 649 g/mol. The Bertz CT molecular complexity index is 2050. The van der Waals surface area contributed by atoms with Crippen LogP contribution in [0.1, 0.15) is 51.5 Å². The van der Waals surface area contributed by atoms with E-state index >= 15 is 0 Å². The number of aromatic nitrogens is 6. The summed E-state index contributed by atoms with van der Waals surface area (Å²) < 4.78 is 6.90. The Morgan fingerprint density at radius 2 is 1.90 bits per heavy atom. The Morgan fingerprint density at radius 3 is 2.62 bits per heavy atom. The van der Waals surface area contributed by atoms with Gasteiger partial charge in [0, 0.05) is 61.0 Å². The van der Waals surface area contributed by atoms with E-state index in [-0.39, 0.29) is 23.8 Å². The van der Waals surface area contributed by atoms with Crippen LogP contribution in [-0.2, 0) is 16.6 Å². The number of thioether (sulfide) groups is 1. The van der Waals surface area contributed by atoms with Gasteiger partial charge in [0.1, 0.15) is 12.0 Å². The first kappa shape index (κ1) is 33.5. The number of ether oxygens (including phenoxy) is 1. The highest BCUT2D eigenvalue weighted by molar-refractivity contribution is 8.00. The molecule has 2 N–H and O–H groups in total. The molecule has 1 fully saturated rings. The van der Waals surface area contributed by atoms with Crippen molar-refractivity contribution >= 4 is 45.7 Å². The van der Waals surface area contributed by atoms with E-state index in [0.717, 1.165) is 52.5 Å². The summed E-state index contributed by atoms with van der Waals surface area (Å²) in [5.41, 5.74) is 6.62. The Kier molecular flexibility index (Phi) is 9.46. The molecule has 50 heavy (non-hydrogen) atoms. The number of hydrogen-bond acceptors (Lipinski definition) is 8. The second kappa shape index (κ2) is 14.1. The molecule has 0 spiro atoms. The van der Waals surface area contributed by atoms with E-state index in [1.165, 1.54) is 5.57 Å². The van der Waals surface area contributed by atoms with Crippen LogP contribution in [0, 0.1) is 5.92 Å². The molecule has 0 bridgehead atoms. The molecule has 1 unspecified atom stereocenters. The molecule has 1 aliphatic heterocycles. The smallest absolute Gasteiger partial charge is 0.240 e. The standard InChI is InChI=1S/C38H42N8O3S/c1-24(2)49-33-20-29(12-16-39-33)35-31-21-30(9-10-32(31)42-43-35)41-37(48)38(50-4)15-11-25(22-38)19-34(47)46-17-13-27(14-18-46)26-5-7-28(8-6-26)36-40-23-45(3)44-36/h5-10,12-13,16,20-21,23-25H,11,14-15,17-19,22H2,1-4H3,(H,41,48)(H,42,43)/t25?,38-/m0/s1. The van der Waals surface area contributed by atoms with Crippen LogP contribution in [0.3, 0.4) is 0 Å². The summed E-state index contributed by atoms with van der Waals surface area (Å²) in [5.74, 6) is 1.56. The summed E-state index contributed by atoms with van der Waals surface area (Å²) in [6.45, 7) is 5.22. The molecule has 7 rings (SSSR count). The molecule has 1 saturated carbocycles. The van der Waals surface area contributed by atoms with Crippen molar-refractivity contribution in [3.8, 4) is 28.5 Å². The summed E-state index contributed by atoms with van der Waals surface area (Å²) in [4.78, 5) is 37.9. The van der Waals surface area contributed by atoms with Gasteiger partial charge in [-0.3, -0.25) is 19.4 Å². The number of aryl methyl sites for hydroxylation is 1. The van der Waals surface area contributed by atoms with E-state index in [0.29, 0.717) is 43.3 Å². The Morgan fingerprint density at radius 1 is 1.08 bits per heavy atom. The zero-order valence-electron chi connectivity index (χ0n) is 28.8. The number of nitrogens with one attached hydrogen (secondary N) is 2. The second-order valence-corrected chi connectivity index (χ2v) is 14.7. The largest absolute Gasteiger partial charge is 0.475 e. The Labute approximate surface area is 295 Å². The number of carbonyl (C=O) groups is 2. The topological polar surface area (TPSA) is 131 Å². The number of fused-ring (bicyclic) bond motifs is 1. The van der Waals surface area contributed by atoms with Crippen LogP contribution < -0.4 is 10.1 Å². The average molecular weight is 691 g/mol. The number of hydrogen-bond donors (Lipinski definition) is 2. The SMILES string of the molecule is CS[C@@]1(C(=O)Nc2ccc3[nH]nc(-c4ccnc(OC(C)C)c4)c3c2)CCC(CC(=O)N2CC=C(c3ccc(-c4ncn(C)n4)cc3)CC2)C1. The maximum atomic E-state index is 13.9. The van der Waals surface area contributed by atoms with Crippen molar-refractivity contribution in [3.05, 3.63) is 78.8 Å². The van der Waals surface area contributed by atoms with Crippen molar-refractivity contribution in [2.75, 3.05) is 24.7 Å². The lowest BCUT2D eigenvalue weighted by Crippen LogP contribution is -2.38. The third kappa shape index (κ3) is 7.02. The summed E-state index contributed by atoms with van der Waals surface area (Å²) in [5, 5.41) is 16.1. The fraction of sp³-hybridized carbons (Fsp3) is 0.368. The Hall–Kier alpha value is -4.97. The minimum Gasteiger partial charge on any atom is -0.475 e. The van der Waals surface area contributed by atoms with Gasteiger partial charge >= 0.3 is 0 Å². The molecule has 2 aromatic carbocycles. The maximum Gasteiger partial charge on any atom is 0.240 e. The van der Waals surface area contributed by atoms with E-state index in [4.69, 9.17) is 4.74 Å². The first-order valence-electron chi connectivity index (χ1n) is 17.1. The van der Waals surface area contributed by atoms with Crippen LogP contribution >= 0.6 is 11.8 Å². The van der Waals surface area contributed by atoms with Gasteiger partial charge in [-0.25, -0.2) is 9.97 Å². The lowest BCUT2D eigenvalue weighted by atomic mass is 9.96. The highest BCUT2D eigenvalue weighted by atomic mass is 32.2. The fourth-order valence-corrected chi connectivity index (χ4v) is 7.99. The van der Waals surface area contributed by atoms with Crippen molar-refractivity contribution < 1.29 is 14.3 Å². The molecule has 3 aromatic heterocycles. The lowest BCUT2D eigenvalue weighted by Gasteiger charge is -2.29. The number of aromatic amines is 1. The molecule has 0 saturated heterocycles. The highest BCUT2D eigenvalue weighted by Gasteiger charge is 2.45. The molecule has 0 radical (unpaired) electrons. The van der Waals surface area contributed by atoms with Gasteiger partial charge in [0.2, 0.25) is 17.7 Å². The summed E-state index contributed by atoms with van der Waals surface area (Å²) in [6.07, 6.45) is 11.1.